The Morgan fingerprint density at radius 2 is 2.10 bits per heavy atom. The number of rotatable bonds is 2. The monoisotopic (exact) mass is 350 g/mol. The fourth-order valence-electron chi connectivity index (χ4n) is 3.16. The average molecular weight is 351 g/mol. The van der Waals surface area contributed by atoms with Gasteiger partial charge < -0.3 is 14.8 Å². The van der Waals surface area contributed by atoms with Gasteiger partial charge in [-0.3, -0.25) is 0 Å². The normalized spacial score (nSPS) is 24.5. The Labute approximate surface area is 133 Å². The lowest BCUT2D eigenvalue weighted by molar-refractivity contribution is -0.135. The predicted molar refractivity (Wildman–Crippen MR) is 84.2 cm³/mol. The summed E-state index contributed by atoms with van der Waals surface area (Å²) in [5.41, 5.74) is 1.70. The third-order valence-electron chi connectivity index (χ3n) is 4.35. The van der Waals surface area contributed by atoms with Gasteiger partial charge in [0.15, 0.2) is 0 Å². The fourth-order valence-corrected chi connectivity index (χ4v) is 3.66. The van der Waals surface area contributed by atoms with Crippen molar-refractivity contribution in [1.82, 2.24) is 0 Å². The molecule has 112 valence electrons. The minimum Gasteiger partial charge on any atom is -0.381 e. The van der Waals surface area contributed by atoms with E-state index in [4.69, 9.17) is 14.7 Å². The van der Waals surface area contributed by atoms with Gasteiger partial charge in [-0.2, -0.15) is 5.26 Å². The first kappa shape index (κ1) is 14.8. The molecule has 2 fully saturated rings. The molecule has 1 aromatic carbocycles. The number of nitriles is 1. The van der Waals surface area contributed by atoms with Crippen molar-refractivity contribution >= 4 is 21.6 Å². The molecular weight excluding hydrogens is 332 g/mol. The minimum atomic E-state index is -0.00671. The van der Waals surface area contributed by atoms with Crippen LogP contribution in [0, 0.1) is 11.3 Å². The highest BCUT2D eigenvalue weighted by Gasteiger charge is 2.39. The van der Waals surface area contributed by atoms with Crippen molar-refractivity contribution in [3.63, 3.8) is 0 Å². The van der Waals surface area contributed by atoms with E-state index in [0.29, 0.717) is 11.6 Å². The van der Waals surface area contributed by atoms with Crippen molar-refractivity contribution in [3.8, 4) is 6.07 Å². The Bertz CT molecular complexity index is 544. The number of nitrogens with one attached hydrogen (secondary N) is 1. The van der Waals surface area contributed by atoms with Crippen LogP contribution in [0.25, 0.3) is 0 Å². The zero-order chi connectivity index (χ0) is 14.7. The molecule has 5 heteroatoms. The second-order valence-corrected chi connectivity index (χ2v) is 6.64. The highest BCUT2D eigenvalue weighted by molar-refractivity contribution is 9.10. The van der Waals surface area contributed by atoms with E-state index in [-0.39, 0.29) is 5.60 Å². The molecule has 3 rings (SSSR count). The van der Waals surface area contributed by atoms with Gasteiger partial charge in [0.25, 0.3) is 0 Å². The molecule has 4 nitrogen and oxygen atoms in total. The summed E-state index contributed by atoms with van der Waals surface area (Å²) in [6.07, 6.45) is 4.00. The van der Waals surface area contributed by atoms with E-state index >= 15 is 0 Å². The van der Waals surface area contributed by atoms with Crippen LogP contribution in [0.15, 0.2) is 22.7 Å². The van der Waals surface area contributed by atoms with Crippen molar-refractivity contribution in [2.75, 3.05) is 25.1 Å². The molecule has 2 saturated heterocycles. The lowest BCUT2D eigenvalue weighted by Crippen LogP contribution is -2.47. The summed E-state index contributed by atoms with van der Waals surface area (Å²) in [5, 5.41) is 12.5. The smallest absolute Gasteiger partial charge is 0.0992 e. The zero-order valence-corrected chi connectivity index (χ0v) is 13.5. The van der Waals surface area contributed by atoms with Gasteiger partial charge in [0.1, 0.15) is 0 Å². The van der Waals surface area contributed by atoms with Crippen LogP contribution in [0.3, 0.4) is 0 Å². The molecule has 1 aromatic rings. The highest BCUT2D eigenvalue weighted by atomic mass is 79.9. The van der Waals surface area contributed by atoms with Gasteiger partial charge in [0.2, 0.25) is 0 Å². The molecule has 0 saturated carbocycles. The number of anilines is 1. The summed E-state index contributed by atoms with van der Waals surface area (Å²) in [7, 11) is 0. The molecule has 0 aromatic heterocycles. The number of nitrogens with zero attached hydrogens (tertiary/aromatic N) is 1. The fraction of sp³-hybridized carbons (Fsp3) is 0.562. The van der Waals surface area contributed by atoms with E-state index < -0.39 is 0 Å². The Morgan fingerprint density at radius 1 is 1.29 bits per heavy atom. The van der Waals surface area contributed by atoms with Gasteiger partial charge in [0.05, 0.1) is 17.2 Å². The average Bonchev–Trinajstić information content (AvgIpc) is 2.50. The number of hydrogen-bond acceptors (Lipinski definition) is 4. The predicted octanol–water partition coefficient (Wildman–Crippen LogP) is 3.46. The van der Waals surface area contributed by atoms with Crippen LogP contribution in [-0.2, 0) is 9.47 Å². The first-order valence-electron chi connectivity index (χ1n) is 7.39. The topological polar surface area (TPSA) is 54.3 Å². The van der Waals surface area contributed by atoms with E-state index in [0.717, 1.165) is 55.7 Å². The van der Waals surface area contributed by atoms with Gasteiger partial charge in [-0.15, -0.1) is 0 Å². The van der Waals surface area contributed by atoms with Crippen LogP contribution < -0.4 is 5.32 Å². The second-order valence-electron chi connectivity index (χ2n) is 5.78. The number of benzene rings is 1. The summed E-state index contributed by atoms with van der Waals surface area (Å²) in [4.78, 5) is 0. The minimum absolute atomic E-state index is 0.00671. The largest absolute Gasteiger partial charge is 0.381 e. The van der Waals surface area contributed by atoms with E-state index in [2.05, 4.69) is 27.3 Å². The Morgan fingerprint density at radius 3 is 2.81 bits per heavy atom. The molecule has 0 bridgehead atoms. The van der Waals surface area contributed by atoms with Crippen molar-refractivity contribution in [2.24, 2.45) is 0 Å². The molecule has 2 heterocycles. The van der Waals surface area contributed by atoms with Crippen LogP contribution in [-0.4, -0.2) is 31.5 Å². The summed E-state index contributed by atoms with van der Waals surface area (Å²) in [6.45, 7) is 2.39. The molecule has 2 aliphatic heterocycles. The summed E-state index contributed by atoms with van der Waals surface area (Å²) >= 11 is 3.54. The maximum atomic E-state index is 8.92. The molecule has 1 atom stereocenters. The lowest BCUT2D eigenvalue weighted by atomic mass is 9.84. The van der Waals surface area contributed by atoms with Crippen LogP contribution in [0.1, 0.15) is 31.2 Å². The van der Waals surface area contributed by atoms with Gasteiger partial charge in [-0.1, -0.05) is 0 Å². The Kier molecular flexibility index (Phi) is 4.48. The van der Waals surface area contributed by atoms with E-state index in [1.54, 1.807) is 0 Å². The molecule has 0 amide bonds. The van der Waals surface area contributed by atoms with Gasteiger partial charge in [0, 0.05) is 36.0 Å². The highest BCUT2D eigenvalue weighted by Crippen LogP contribution is 2.36. The van der Waals surface area contributed by atoms with Crippen molar-refractivity contribution in [2.45, 2.75) is 37.3 Å². The van der Waals surface area contributed by atoms with E-state index in [1.165, 1.54) is 0 Å². The SMILES string of the molecule is N#Cc1ccc(NC2CCOC3(CCOCC3)C2)c(Br)c1. The molecule has 1 unspecified atom stereocenters. The molecule has 0 aliphatic carbocycles. The van der Waals surface area contributed by atoms with Crippen molar-refractivity contribution < 1.29 is 9.47 Å². The molecule has 1 N–H and O–H groups in total. The number of hydrogen-bond donors (Lipinski definition) is 1. The van der Waals surface area contributed by atoms with Crippen LogP contribution in [0.2, 0.25) is 0 Å². The van der Waals surface area contributed by atoms with Crippen molar-refractivity contribution in [1.29, 1.82) is 5.26 Å². The third kappa shape index (κ3) is 3.39. The first-order chi connectivity index (χ1) is 10.2. The summed E-state index contributed by atoms with van der Waals surface area (Å²) in [5.74, 6) is 0. The zero-order valence-electron chi connectivity index (χ0n) is 11.9. The second kappa shape index (κ2) is 6.35. The Hall–Kier alpha value is -1.09. The van der Waals surface area contributed by atoms with Crippen LogP contribution >= 0.6 is 15.9 Å². The van der Waals surface area contributed by atoms with Gasteiger partial charge >= 0.3 is 0 Å². The molecular formula is C16H19BrN2O2. The molecule has 21 heavy (non-hydrogen) atoms. The lowest BCUT2D eigenvalue weighted by Gasteiger charge is -2.43. The maximum Gasteiger partial charge on any atom is 0.0992 e. The number of halogens is 1. The molecule has 0 radical (unpaired) electrons. The number of ether oxygens (including phenoxy) is 2. The van der Waals surface area contributed by atoms with Crippen molar-refractivity contribution in [3.05, 3.63) is 28.2 Å². The quantitative estimate of drug-likeness (QED) is 0.887. The van der Waals surface area contributed by atoms with Gasteiger partial charge in [-0.05, 0) is 59.8 Å². The van der Waals surface area contributed by atoms with Gasteiger partial charge in [-0.25, -0.2) is 0 Å². The van der Waals surface area contributed by atoms with E-state index in [1.807, 2.05) is 18.2 Å². The Balaban J connectivity index is 1.68. The molecule has 2 aliphatic rings. The standard InChI is InChI=1S/C16H19BrN2O2/c17-14-9-12(11-18)1-2-15(14)19-13-3-6-21-16(10-13)4-7-20-8-5-16/h1-2,9,13,19H,3-8,10H2. The van der Waals surface area contributed by atoms with Crippen LogP contribution in [0.4, 0.5) is 5.69 Å². The van der Waals surface area contributed by atoms with Crippen LogP contribution in [0.5, 0.6) is 0 Å². The third-order valence-corrected chi connectivity index (χ3v) is 5.01. The summed E-state index contributed by atoms with van der Waals surface area (Å²) < 4.78 is 12.5. The maximum absolute atomic E-state index is 8.92. The molecule has 1 spiro atoms. The summed E-state index contributed by atoms with van der Waals surface area (Å²) in [6, 6.07) is 8.22. The first-order valence-corrected chi connectivity index (χ1v) is 8.18. The van der Waals surface area contributed by atoms with E-state index in [9.17, 15) is 0 Å².